The molecule has 0 aromatic heterocycles. The number of aliphatic hydroxyl groups excluding tert-OH is 1. The van der Waals surface area contributed by atoms with E-state index in [1.54, 1.807) is 0 Å². The quantitative estimate of drug-likeness (QED) is 0.157. The third-order valence-corrected chi connectivity index (χ3v) is 7.16. The summed E-state index contributed by atoms with van der Waals surface area (Å²) in [5.74, 6) is 0.913. The van der Waals surface area contributed by atoms with Gasteiger partial charge in [0, 0.05) is 17.3 Å². The van der Waals surface area contributed by atoms with E-state index in [9.17, 15) is 0 Å². The van der Waals surface area contributed by atoms with Crippen LogP contribution in [0.25, 0.3) is 32.7 Å². The molecule has 4 rings (SSSR count). The molecular formula is C28H28Br2O2. The van der Waals surface area contributed by atoms with Crippen LogP contribution in [0.4, 0.5) is 0 Å². The number of halogens is 2. The van der Waals surface area contributed by atoms with Crippen molar-refractivity contribution in [3.05, 3.63) is 77.9 Å². The van der Waals surface area contributed by atoms with E-state index in [0.29, 0.717) is 6.61 Å². The molecular weight excluding hydrogens is 528 g/mol. The Hall–Kier alpha value is -1.88. The lowest BCUT2D eigenvalue weighted by Gasteiger charge is -2.18. The summed E-state index contributed by atoms with van der Waals surface area (Å²) in [5.41, 5.74) is 5.17. The van der Waals surface area contributed by atoms with E-state index in [-0.39, 0.29) is 6.61 Å². The van der Waals surface area contributed by atoms with Crippen molar-refractivity contribution in [2.75, 3.05) is 13.2 Å². The molecule has 0 heterocycles. The second-order valence-corrected chi connectivity index (χ2v) is 9.18. The predicted molar refractivity (Wildman–Crippen MR) is 143 cm³/mol. The molecule has 0 unspecified atom stereocenters. The minimum Gasteiger partial charge on any atom is -0.494 e. The standard InChI is InChI=1S/C28H28Br2O2/c29-18-22-11-9-20-7-3-4-8-25(20)27(22)28-23(19-30)12-10-21-17-24(13-14-26(21)28)32-16-6-2-1-5-15-31/h3-4,7-14,17,31H,1-2,5-6,15-16,18-19H2. The molecule has 0 aliphatic heterocycles. The van der Waals surface area contributed by atoms with Gasteiger partial charge in [-0.2, -0.15) is 0 Å². The van der Waals surface area contributed by atoms with E-state index in [4.69, 9.17) is 9.84 Å². The number of ether oxygens (including phenoxy) is 1. The molecule has 0 atom stereocenters. The highest BCUT2D eigenvalue weighted by molar-refractivity contribution is 9.08. The zero-order valence-corrected chi connectivity index (χ0v) is 21.3. The number of alkyl halides is 2. The maximum Gasteiger partial charge on any atom is 0.119 e. The van der Waals surface area contributed by atoms with Gasteiger partial charge in [0.15, 0.2) is 0 Å². The van der Waals surface area contributed by atoms with Gasteiger partial charge in [-0.25, -0.2) is 0 Å². The van der Waals surface area contributed by atoms with Crippen LogP contribution >= 0.6 is 31.9 Å². The molecule has 0 saturated heterocycles. The van der Waals surface area contributed by atoms with Gasteiger partial charge in [-0.15, -0.1) is 0 Å². The molecule has 166 valence electrons. The van der Waals surface area contributed by atoms with Crippen LogP contribution in [0.1, 0.15) is 36.8 Å². The van der Waals surface area contributed by atoms with Crippen LogP contribution in [0.3, 0.4) is 0 Å². The fraction of sp³-hybridized carbons (Fsp3) is 0.286. The molecule has 1 N–H and O–H groups in total. The number of fused-ring (bicyclic) bond motifs is 2. The lowest BCUT2D eigenvalue weighted by molar-refractivity contribution is 0.273. The van der Waals surface area contributed by atoms with Gasteiger partial charge in [0.1, 0.15) is 5.75 Å². The fourth-order valence-corrected chi connectivity index (χ4v) is 5.26. The predicted octanol–water partition coefficient (Wildman–Crippen LogP) is 8.38. The molecule has 0 saturated carbocycles. The molecule has 0 aliphatic rings. The molecule has 0 spiro atoms. The second-order valence-electron chi connectivity index (χ2n) is 8.06. The minimum absolute atomic E-state index is 0.276. The Morgan fingerprint density at radius 1 is 0.656 bits per heavy atom. The van der Waals surface area contributed by atoms with Crippen LogP contribution in [0.15, 0.2) is 66.7 Å². The third-order valence-electron chi connectivity index (χ3n) is 5.95. The van der Waals surface area contributed by atoms with Crippen molar-refractivity contribution in [1.82, 2.24) is 0 Å². The molecule has 0 bridgehead atoms. The summed E-state index contributed by atoms with van der Waals surface area (Å²) in [7, 11) is 0. The number of unbranched alkanes of at least 4 members (excludes halogenated alkanes) is 3. The van der Waals surface area contributed by atoms with Crippen LogP contribution in [-0.4, -0.2) is 18.3 Å². The second kappa shape index (κ2) is 11.3. The Labute approximate surface area is 206 Å². The monoisotopic (exact) mass is 554 g/mol. The first-order chi connectivity index (χ1) is 15.8. The van der Waals surface area contributed by atoms with E-state index in [1.165, 1.54) is 43.8 Å². The minimum atomic E-state index is 0.276. The van der Waals surface area contributed by atoms with Gasteiger partial charge in [0.2, 0.25) is 0 Å². The van der Waals surface area contributed by atoms with Gasteiger partial charge in [-0.05, 0) is 75.2 Å². The molecule has 0 fully saturated rings. The summed E-state index contributed by atoms with van der Waals surface area (Å²) in [6, 6.07) is 23.9. The van der Waals surface area contributed by atoms with Crippen molar-refractivity contribution < 1.29 is 9.84 Å². The Balaban J connectivity index is 1.75. The highest BCUT2D eigenvalue weighted by Gasteiger charge is 2.16. The lowest BCUT2D eigenvalue weighted by Crippen LogP contribution is -1.98. The summed E-state index contributed by atoms with van der Waals surface area (Å²) in [4.78, 5) is 0. The maximum atomic E-state index is 8.90. The topological polar surface area (TPSA) is 29.5 Å². The normalized spacial score (nSPS) is 11.3. The van der Waals surface area contributed by atoms with Gasteiger partial charge in [-0.3, -0.25) is 0 Å². The number of aliphatic hydroxyl groups is 1. The lowest BCUT2D eigenvalue weighted by atomic mass is 9.88. The largest absolute Gasteiger partial charge is 0.494 e. The van der Waals surface area contributed by atoms with Crippen LogP contribution in [0.5, 0.6) is 5.75 Å². The average Bonchev–Trinajstić information content (AvgIpc) is 2.84. The van der Waals surface area contributed by atoms with Crippen LogP contribution < -0.4 is 4.74 Å². The molecule has 4 aromatic rings. The number of benzene rings is 4. The zero-order valence-electron chi connectivity index (χ0n) is 18.1. The molecule has 0 aliphatic carbocycles. The zero-order chi connectivity index (χ0) is 22.3. The van der Waals surface area contributed by atoms with Crippen molar-refractivity contribution >= 4 is 53.4 Å². The number of rotatable bonds is 10. The summed E-state index contributed by atoms with van der Waals surface area (Å²) >= 11 is 7.44. The van der Waals surface area contributed by atoms with E-state index in [0.717, 1.165) is 42.1 Å². The Bertz CT molecular complexity index is 1200. The smallest absolute Gasteiger partial charge is 0.119 e. The van der Waals surface area contributed by atoms with Crippen LogP contribution in [0, 0.1) is 0 Å². The summed E-state index contributed by atoms with van der Waals surface area (Å²) < 4.78 is 6.03. The number of hydrogen-bond acceptors (Lipinski definition) is 2. The first-order valence-corrected chi connectivity index (χ1v) is 13.4. The molecule has 0 radical (unpaired) electrons. The van der Waals surface area contributed by atoms with Gasteiger partial charge in [0.25, 0.3) is 0 Å². The van der Waals surface area contributed by atoms with Crippen molar-refractivity contribution in [2.45, 2.75) is 36.3 Å². The molecule has 2 nitrogen and oxygen atoms in total. The Morgan fingerprint density at radius 3 is 2.03 bits per heavy atom. The summed E-state index contributed by atoms with van der Waals surface area (Å²) in [6.45, 7) is 0.984. The van der Waals surface area contributed by atoms with Gasteiger partial charge in [0.05, 0.1) is 6.61 Å². The molecule has 4 heteroatoms. The van der Waals surface area contributed by atoms with Crippen molar-refractivity contribution in [1.29, 1.82) is 0 Å². The highest BCUT2D eigenvalue weighted by Crippen LogP contribution is 2.41. The first kappa shape index (κ1) is 23.3. The van der Waals surface area contributed by atoms with E-state index in [1.807, 2.05) is 0 Å². The molecule has 0 amide bonds. The first-order valence-electron chi connectivity index (χ1n) is 11.2. The van der Waals surface area contributed by atoms with Crippen LogP contribution in [-0.2, 0) is 10.7 Å². The van der Waals surface area contributed by atoms with Crippen molar-refractivity contribution in [2.24, 2.45) is 0 Å². The van der Waals surface area contributed by atoms with E-state index in [2.05, 4.69) is 98.6 Å². The van der Waals surface area contributed by atoms with Crippen molar-refractivity contribution in [3.8, 4) is 16.9 Å². The van der Waals surface area contributed by atoms with Gasteiger partial charge < -0.3 is 9.84 Å². The molecule has 32 heavy (non-hydrogen) atoms. The molecule has 4 aromatic carbocycles. The fourth-order valence-electron chi connectivity index (χ4n) is 4.33. The SMILES string of the molecule is OCCCCCCOc1ccc2c(-c3c(CBr)ccc4ccccc34)c(CBr)ccc2c1. The third kappa shape index (κ3) is 5.03. The van der Waals surface area contributed by atoms with Crippen LogP contribution in [0.2, 0.25) is 0 Å². The average molecular weight is 556 g/mol. The highest BCUT2D eigenvalue weighted by atomic mass is 79.9. The summed E-state index contributed by atoms with van der Waals surface area (Å²) in [6.07, 6.45) is 4.02. The van der Waals surface area contributed by atoms with E-state index < -0.39 is 0 Å². The maximum absolute atomic E-state index is 8.90. The van der Waals surface area contributed by atoms with Crippen molar-refractivity contribution in [3.63, 3.8) is 0 Å². The Kier molecular flexibility index (Phi) is 8.23. The number of hydrogen-bond donors (Lipinski definition) is 1. The Morgan fingerprint density at radius 2 is 1.31 bits per heavy atom. The van der Waals surface area contributed by atoms with Gasteiger partial charge in [-0.1, -0.05) is 92.9 Å². The van der Waals surface area contributed by atoms with E-state index >= 15 is 0 Å². The van der Waals surface area contributed by atoms with Gasteiger partial charge >= 0.3 is 0 Å². The summed E-state index contributed by atoms with van der Waals surface area (Å²) in [5, 5.41) is 15.5.